The maximum absolute atomic E-state index is 12.8. The zero-order chi connectivity index (χ0) is 16.4. The quantitative estimate of drug-likeness (QED) is 0.838. The molecule has 1 N–H and O–H groups in total. The summed E-state index contributed by atoms with van der Waals surface area (Å²) in [7, 11) is -3.45. The van der Waals surface area contributed by atoms with Crippen LogP contribution in [0.25, 0.3) is 0 Å². The van der Waals surface area contributed by atoms with Crippen molar-refractivity contribution >= 4 is 16.0 Å². The van der Waals surface area contributed by atoms with E-state index in [9.17, 15) is 26.4 Å². The van der Waals surface area contributed by atoms with Crippen LogP contribution in [0.5, 0.6) is 0 Å². The van der Waals surface area contributed by atoms with Crippen LogP contribution in [0, 0.1) is 0 Å². The Labute approximate surface area is 119 Å². The molecule has 1 heterocycles. The molecule has 7 nitrogen and oxygen atoms in total. The van der Waals surface area contributed by atoms with Crippen molar-refractivity contribution in [3.63, 3.8) is 0 Å². The van der Waals surface area contributed by atoms with Gasteiger partial charge in [0.2, 0.25) is 10.0 Å². The average Bonchev–Trinajstić information content (AvgIpc) is 2.70. The molecule has 0 spiro atoms. The summed E-state index contributed by atoms with van der Waals surface area (Å²) in [4.78, 5) is 9.65. The van der Waals surface area contributed by atoms with Gasteiger partial charge in [0, 0.05) is 19.8 Å². The second-order valence-corrected chi connectivity index (χ2v) is 6.15. The molecule has 0 aliphatic rings. The summed E-state index contributed by atoms with van der Waals surface area (Å²) >= 11 is 0. The number of carboxylic acid groups (broad SMARTS) is 1. The third kappa shape index (κ3) is 3.94. The normalized spacial score (nSPS) is 12.9. The Kier molecular flexibility index (Phi) is 4.99. The molecule has 0 aliphatic carbocycles. The second-order valence-electron chi connectivity index (χ2n) is 4.25. The largest absolute Gasteiger partial charge is 0.480 e. The summed E-state index contributed by atoms with van der Waals surface area (Å²) in [6, 6.07) is 0. The fourth-order valence-corrected chi connectivity index (χ4v) is 3.34. The standard InChI is InChI=1S/C10H14F3N3O4S/c1-3-4-16(6-8(17)18)21(19,20)7-5-15(2)14-9(7)10(11,12)13/h5H,3-4,6H2,1-2H3,(H,17,18). The van der Waals surface area contributed by atoms with Crippen LogP contribution in [-0.2, 0) is 28.0 Å². The lowest BCUT2D eigenvalue weighted by Gasteiger charge is -2.19. The van der Waals surface area contributed by atoms with Crippen LogP contribution >= 0.6 is 0 Å². The van der Waals surface area contributed by atoms with E-state index in [-0.39, 0.29) is 13.0 Å². The van der Waals surface area contributed by atoms with Crippen molar-refractivity contribution in [2.24, 2.45) is 7.05 Å². The van der Waals surface area contributed by atoms with Crippen molar-refractivity contribution in [3.8, 4) is 0 Å². The molecule has 21 heavy (non-hydrogen) atoms. The van der Waals surface area contributed by atoms with E-state index in [1.54, 1.807) is 6.92 Å². The van der Waals surface area contributed by atoms with Gasteiger partial charge in [0.15, 0.2) is 5.69 Å². The second kappa shape index (κ2) is 6.02. The number of alkyl halides is 3. The first-order chi connectivity index (χ1) is 9.50. The molecule has 0 bridgehead atoms. The Hall–Kier alpha value is -1.62. The van der Waals surface area contributed by atoms with Gasteiger partial charge in [-0.25, -0.2) is 8.42 Å². The van der Waals surface area contributed by atoms with Gasteiger partial charge in [0.1, 0.15) is 11.4 Å². The molecular formula is C10H14F3N3O4S. The molecule has 0 unspecified atom stereocenters. The van der Waals surface area contributed by atoms with Gasteiger partial charge >= 0.3 is 12.1 Å². The van der Waals surface area contributed by atoms with E-state index in [2.05, 4.69) is 5.10 Å². The van der Waals surface area contributed by atoms with Gasteiger partial charge in [0.25, 0.3) is 0 Å². The van der Waals surface area contributed by atoms with Gasteiger partial charge in [-0.05, 0) is 6.42 Å². The van der Waals surface area contributed by atoms with Crippen LogP contribution in [0.2, 0.25) is 0 Å². The van der Waals surface area contributed by atoms with Gasteiger partial charge in [-0.15, -0.1) is 0 Å². The molecule has 0 radical (unpaired) electrons. The lowest BCUT2D eigenvalue weighted by atomic mass is 10.4. The summed E-state index contributed by atoms with van der Waals surface area (Å²) in [5, 5.41) is 11.8. The molecule has 0 fully saturated rings. The molecule has 0 aromatic carbocycles. The van der Waals surface area contributed by atoms with Crippen LogP contribution in [-0.4, -0.2) is 46.7 Å². The van der Waals surface area contributed by atoms with Gasteiger partial charge in [-0.2, -0.15) is 22.6 Å². The van der Waals surface area contributed by atoms with Crippen molar-refractivity contribution in [1.29, 1.82) is 0 Å². The van der Waals surface area contributed by atoms with E-state index in [4.69, 9.17) is 5.11 Å². The minimum absolute atomic E-state index is 0.208. The van der Waals surface area contributed by atoms with Gasteiger partial charge < -0.3 is 5.11 Å². The predicted molar refractivity (Wildman–Crippen MR) is 64.9 cm³/mol. The van der Waals surface area contributed by atoms with E-state index in [0.717, 1.165) is 11.7 Å². The van der Waals surface area contributed by atoms with Crippen molar-refractivity contribution in [2.45, 2.75) is 24.4 Å². The molecule has 120 valence electrons. The first kappa shape index (κ1) is 17.4. The van der Waals surface area contributed by atoms with Crippen LogP contribution in [0.1, 0.15) is 19.0 Å². The molecule has 0 amide bonds. The summed E-state index contributed by atoms with van der Waals surface area (Å²) in [6.45, 7) is 0.460. The van der Waals surface area contributed by atoms with Crippen molar-refractivity contribution in [3.05, 3.63) is 11.9 Å². The van der Waals surface area contributed by atoms with Crippen molar-refractivity contribution in [1.82, 2.24) is 14.1 Å². The molecule has 0 atom stereocenters. The number of carboxylic acids is 1. The maximum Gasteiger partial charge on any atom is 0.436 e. The highest BCUT2D eigenvalue weighted by Crippen LogP contribution is 2.34. The van der Waals surface area contributed by atoms with Crippen LogP contribution < -0.4 is 0 Å². The molecule has 0 saturated carbocycles. The smallest absolute Gasteiger partial charge is 0.436 e. The zero-order valence-electron chi connectivity index (χ0n) is 11.3. The van der Waals surface area contributed by atoms with Gasteiger partial charge in [-0.1, -0.05) is 6.92 Å². The molecule has 1 aromatic heterocycles. The highest BCUT2D eigenvalue weighted by Gasteiger charge is 2.42. The number of rotatable bonds is 6. The molecule has 1 aromatic rings. The van der Waals surface area contributed by atoms with E-state index in [1.807, 2.05) is 0 Å². The first-order valence-corrected chi connectivity index (χ1v) is 7.27. The Balaban J connectivity index is 3.38. The highest BCUT2D eigenvalue weighted by molar-refractivity contribution is 7.89. The predicted octanol–water partition coefficient (Wildman–Crippen LogP) is 0.924. The summed E-state index contributed by atoms with van der Waals surface area (Å²) in [6.07, 6.45) is -3.98. The first-order valence-electron chi connectivity index (χ1n) is 5.83. The monoisotopic (exact) mass is 329 g/mol. The number of aromatic nitrogens is 2. The van der Waals surface area contributed by atoms with Crippen molar-refractivity contribution < 1.29 is 31.5 Å². The Morgan fingerprint density at radius 1 is 1.48 bits per heavy atom. The van der Waals surface area contributed by atoms with Gasteiger partial charge in [0.05, 0.1) is 0 Å². The summed E-state index contributed by atoms with van der Waals surface area (Å²) in [5.74, 6) is -1.45. The number of sulfonamides is 1. The zero-order valence-corrected chi connectivity index (χ0v) is 12.1. The minimum atomic E-state index is -4.95. The number of aliphatic carboxylic acids is 1. The molecule has 0 saturated heterocycles. The SMILES string of the molecule is CCCN(CC(=O)O)S(=O)(=O)c1cn(C)nc1C(F)(F)F. The molecule has 11 heteroatoms. The lowest BCUT2D eigenvalue weighted by molar-refractivity contribution is -0.143. The minimum Gasteiger partial charge on any atom is -0.480 e. The van der Waals surface area contributed by atoms with E-state index >= 15 is 0 Å². The van der Waals surface area contributed by atoms with Gasteiger partial charge in [-0.3, -0.25) is 9.48 Å². The fourth-order valence-electron chi connectivity index (χ4n) is 1.68. The van der Waals surface area contributed by atoms with E-state index < -0.39 is 39.3 Å². The molecule has 1 rings (SSSR count). The Morgan fingerprint density at radius 2 is 2.05 bits per heavy atom. The number of carbonyl (C=O) groups is 1. The number of hydrogen-bond acceptors (Lipinski definition) is 4. The third-order valence-electron chi connectivity index (χ3n) is 2.47. The van der Waals surface area contributed by atoms with Crippen LogP contribution in [0.4, 0.5) is 13.2 Å². The Morgan fingerprint density at radius 3 is 2.48 bits per heavy atom. The molecule has 0 aliphatic heterocycles. The fraction of sp³-hybridized carbons (Fsp3) is 0.600. The summed E-state index contributed by atoms with van der Waals surface area (Å²) < 4.78 is 64.2. The van der Waals surface area contributed by atoms with Crippen molar-refractivity contribution in [2.75, 3.05) is 13.1 Å². The summed E-state index contributed by atoms with van der Waals surface area (Å²) in [5.41, 5.74) is -1.56. The molecular weight excluding hydrogens is 315 g/mol. The number of halogens is 3. The lowest BCUT2D eigenvalue weighted by Crippen LogP contribution is -2.37. The van der Waals surface area contributed by atoms with E-state index in [1.165, 1.54) is 0 Å². The van der Waals surface area contributed by atoms with Crippen LogP contribution in [0.15, 0.2) is 11.1 Å². The van der Waals surface area contributed by atoms with Crippen LogP contribution in [0.3, 0.4) is 0 Å². The average molecular weight is 329 g/mol. The highest BCUT2D eigenvalue weighted by atomic mass is 32.2. The number of aryl methyl sites for hydroxylation is 1. The topological polar surface area (TPSA) is 92.5 Å². The van der Waals surface area contributed by atoms with E-state index in [0.29, 0.717) is 10.5 Å². The Bertz CT molecular complexity index is 624. The maximum atomic E-state index is 12.8. The number of hydrogen-bond donors (Lipinski definition) is 1. The third-order valence-corrected chi connectivity index (χ3v) is 4.31. The number of nitrogens with zero attached hydrogens (tertiary/aromatic N) is 3.